The van der Waals surface area contributed by atoms with Crippen molar-refractivity contribution in [3.63, 3.8) is 0 Å². The van der Waals surface area contributed by atoms with Crippen LogP contribution in [0.5, 0.6) is 5.75 Å². The fourth-order valence-corrected chi connectivity index (χ4v) is 3.89. The number of anilines is 1. The highest BCUT2D eigenvalue weighted by Crippen LogP contribution is 2.40. The monoisotopic (exact) mass is 367 g/mol. The van der Waals surface area contributed by atoms with Gasteiger partial charge in [-0.15, -0.1) is 0 Å². The molecule has 2 aromatic rings. The Kier molecular flexibility index (Phi) is 4.48. The van der Waals surface area contributed by atoms with E-state index in [-0.39, 0.29) is 35.0 Å². The van der Waals surface area contributed by atoms with Crippen LogP contribution in [-0.4, -0.2) is 17.8 Å². The Bertz CT molecular complexity index is 902. The van der Waals surface area contributed by atoms with Crippen LogP contribution in [0.2, 0.25) is 0 Å². The number of hydrogen-bond acceptors (Lipinski definition) is 4. The number of rotatable bonds is 3. The summed E-state index contributed by atoms with van der Waals surface area (Å²) in [5.74, 6) is -2.25. The zero-order valence-electron chi connectivity index (χ0n) is 14.6. The molecule has 4 rings (SSSR count). The fraction of sp³-hybridized carbons (Fsp3) is 0.286. The van der Waals surface area contributed by atoms with Crippen molar-refractivity contribution < 1.29 is 23.5 Å². The summed E-state index contributed by atoms with van der Waals surface area (Å²) in [7, 11) is 0. The Morgan fingerprint density at radius 2 is 1.63 bits per heavy atom. The highest BCUT2D eigenvalue weighted by atomic mass is 19.1. The molecule has 0 bridgehead atoms. The minimum Gasteiger partial charge on any atom is -0.423 e. The Hall–Kier alpha value is -3.02. The predicted octanol–water partition coefficient (Wildman–Crippen LogP) is 3.72. The van der Waals surface area contributed by atoms with E-state index in [1.54, 1.807) is 18.2 Å². The van der Waals surface area contributed by atoms with E-state index in [0.29, 0.717) is 5.69 Å². The molecule has 138 valence electrons. The van der Waals surface area contributed by atoms with Crippen LogP contribution in [0.3, 0.4) is 0 Å². The molecule has 1 saturated heterocycles. The van der Waals surface area contributed by atoms with Gasteiger partial charge in [0.15, 0.2) is 0 Å². The lowest BCUT2D eigenvalue weighted by Crippen LogP contribution is -2.30. The number of carbonyl (C=O) groups is 3. The SMILES string of the molecule is O=C(Oc1cccc(N2C(=O)[C@H]3CCCC[C@@H]3C2=O)c1)c1ccccc1F. The van der Waals surface area contributed by atoms with Crippen LogP contribution >= 0.6 is 0 Å². The molecule has 2 atom stereocenters. The second-order valence-electron chi connectivity index (χ2n) is 6.88. The maximum absolute atomic E-state index is 13.7. The van der Waals surface area contributed by atoms with E-state index in [2.05, 4.69) is 0 Å². The van der Waals surface area contributed by atoms with E-state index >= 15 is 0 Å². The van der Waals surface area contributed by atoms with Gasteiger partial charge in [0.1, 0.15) is 11.6 Å². The summed E-state index contributed by atoms with van der Waals surface area (Å²) in [5.41, 5.74) is 0.195. The molecule has 0 unspecified atom stereocenters. The molecule has 5 nitrogen and oxygen atoms in total. The van der Waals surface area contributed by atoms with E-state index in [4.69, 9.17) is 4.74 Å². The fourth-order valence-electron chi connectivity index (χ4n) is 3.89. The molecule has 0 spiro atoms. The number of benzene rings is 2. The number of halogens is 1. The van der Waals surface area contributed by atoms with Gasteiger partial charge in [-0.1, -0.05) is 31.0 Å². The van der Waals surface area contributed by atoms with Crippen molar-refractivity contribution >= 4 is 23.5 Å². The summed E-state index contributed by atoms with van der Waals surface area (Å²) in [6, 6.07) is 11.8. The summed E-state index contributed by atoms with van der Waals surface area (Å²) >= 11 is 0. The lowest BCUT2D eigenvalue weighted by atomic mass is 9.81. The third kappa shape index (κ3) is 3.12. The van der Waals surface area contributed by atoms with Gasteiger partial charge in [0.05, 0.1) is 23.1 Å². The van der Waals surface area contributed by atoms with Crippen molar-refractivity contribution in [3.8, 4) is 5.75 Å². The Labute approximate surface area is 155 Å². The molecule has 2 aliphatic rings. The molecule has 1 aliphatic heterocycles. The average Bonchev–Trinajstić information content (AvgIpc) is 2.93. The van der Waals surface area contributed by atoms with E-state index in [9.17, 15) is 18.8 Å². The van der Waals surface area contributed by atoms with E-state index in [1.165, 1.54) is 35.2 Å². The molecule has 0 N–H and O–H groups in total. The first-order valence-electron chi connectivity index (χ1n) is 9.01. The van der Waals surface area contributed by atoms with Gasteiger partial charge in [-0.25, -0.2) is 14.1 Å². The summed E-state index contributed by atoms with van der Waals surface area (Å²) < 4.78 is 19.0. The van der Waals surface area contributed by atoms with Gasteiger partial charge in [0.25, 0.3) is 0 Å². The summed E-state index contributed by atoms with van der Waals surface area (Å²) in [5, 5.41) is 0. The molecule has 1 saturated carbocycles. The van der Waals surface area contributed by atoms with Gasteiger partial charge in [0.2, 0.25) is 11.8 Å². The molecular formula is C21H18FNO4. The number of carbonyl (C=O) groups excluding carboxylic acids is 3. The highest BCUT2D eigenvalue weighted by molar-refractivity contribution is 6.22. The van der Waals surface area contributed by atoms with Crippen molar-refractivity contribution in [2.45, 2.75) is 25.7 Å². The summed E-state index contributed by atoms with van der Waals surface area (Å²) in [6.07, 6.45) is 3.37. The quantitative estimate of drug-likeness (QED) is 0.471. The van der Waals surface area contributed by atoms with E-state index in [1.807, 2.05) is 0 Å². The van der Waals surface area contributed by atoms with Gasteiger partial charge >= 0.3 is 5.97 Å². The molecule has 2 aromatic carbocycles. The Balaban J connectivity index is 1.58. The van der Waals surface area contributed by atoms with Crippen LogP contribution in [0.4, 0.5) is 10.1 Å². The number of imide groups is 1. The number of esters is 1. The van der Waals surface area contributed by atoms with Crippen LogP contribution in [0, 0.1) is 17.7 Å². The molecular weight excluding hydrogens is 349 g/mol. The third-order valence-corrected chi connectivity index (χ3v) is 5.22. The Morgan fingerprint density at radius 1 is 0.963 bits per heavy atom. The van der Waals surface area contributed by atoms with Crippen molar-refractivity contribution in [2.24, 2.45) is 11.8 Å². The zero-order chi connectivity index (χ0) is 19.0. The highest BCUT2D eigenvalue weighted by Gasteiger charge is 2.48. The normalized spacial score (nSPS) is 21.9. The van der Waals surface area contributed by atoms with Gasteiger partial charge < -0.3 is 4.74 Å². The van der Waals surface area contributed by atoms with Crippen molar-refractivity contribution in [2.75, 3.05) is 4.90 Å². The summed E-state index contributed by atoms with van der Waals surface area (Å²) in [6.45, 7) is 0. The predicted molar refractivity (Wildman–Crippen MR) is 95.7 cm³/mol. The number of hydrogen-bond donors (Lipinski definition) is 0. The lowest BCUT2D eigenvalue weighted by molar-refractivity contribution is -0.122. The molecule has 2 amide bonds. The summed E-state index contributed by atoms with van der Waals surface area (Å²) in [4.78, 5) is 38.8. The molecule has 0 radical (unpaired) electrons. The van der Waals surface area contributed by atoms with Gasteiger partial charge in [0, 0.05) is 6.07 Å². The standard InChI is InChI=1S/C21H18FNO4/c22-18-11-4-3-10-17(18)21(26)27-14-7-5-6-13(12-14)23-19(24)15-8-1-2-9-16(15)20(23)25/h3-7,10-12,15-16H,1-2,8-9H2/t15-,16-/m0/s1. The zero-order valence-corrected chi connectivity index (χ0v) is 14.6. The van der Waals surface area contributed by atoms with Gasteiger partial charge in [-0.05, 0) is 37.1 Å². The molecule has 1 aliphatic carbocycles. The number of amides is 2. The molecule has 6 heteroatoms. The van der Waals surface area contributed by atoms with Crippen molar-refractivity contribution in [1.82, 2.24) is 0 Å². The number of fused-ring (bicyclic) bond motifs is 1. The van der Waals surface area contributed by atoms with E-state index in [0.717, 1.165) is 25.7 Å². The van der Waals surface area contributed by atoms with E-state index < -0.39 is 11.8 Å². The topological polar surface area (TPSA) is 63.7 Å². The first-order chi connectivity index (χ1) is 13.1. The van der Waals surface area contributed by atoms with Crippen LogP contribution in [0.25, 0.3) is 0 Å². The smallest absolute Gasteiger partial charge is 0.346 e. The van der Waals surface area contributed by atoms with Gasteiger partial charge in [-0.3, -0.25) is 9.59 Å². The number of nitrogens with zero attached hydrogens (tertiary/aromatic N) is 1. The van der Waals surface area contributed by atoms with Crippen LogP contribution in [-0.2, 0) is 9.59 Å². The minimum atomic E-state index is -0.835. The van der Waals surface area contributed by atoms with Crippen molar-refractivity contribution in [1.29, 1.82) is 0 Å². The average molecular weight is 367 g/mol. The van der Waals surface area contributed by atoms with Crippen molar-refractivity contribution in [3.05, 3.63) is 59.9 Å². The van der Waals surface area contributed by atoms with Crippen LogP contribution in [0.15, 0.2) is 48.5 Å². The maximum atomic E-state index is 13.7. The second kappa shape index (κ2) is 6.95. The minimum absolute atomic E-state index is 0.149. The van der Waals surface area contributed by atoms with Gasteiger partial charge in [-0.2, -0.15) is 0 Å². The molecule has 0 aromatic heterocycles. The van der Waals surface area contributed by atoms with Crippen LogP contribution in [0.1, 0.15) is 36.0 Å². The second-order valence-corrected chi connectivity index (χ2v) is 6.88. The van der Waals surface area contributed by atoms with Crippen LogP contribution < -0.4 is 9.64 Å². The first kappa shape index (κ1) is 17.4. The molecule has 2 fully saturated rings. The third-order valence-electron chi connectivity index (χ3n) is 5.22. The largest absolute Gasteiger partial charge is 0.423 e. The Morgan fingerprint density at radius 3 is 2.30 bits per heavy atom. The number of ether oxygens (including phenoxy) is 1. The lowest BCUT2D eigenvalue weighted by Gasteiger charge is -2.19. The first-order valence-corrected chi connectivity index (χ1v) is 9.01. The molecule has 1 heterocycles. The maximum Gasteiger partial charge on any atom is 0.346 e. The molecule has 27 heavy (non-hydrogen) atoms.